The van der Waals surface area contributed by atoms with E-state index in [0.717, 1.165) is 57.6 Å². The van der Waals surface area contributed by atoms with Gasteiger partial charge in [-0.2, -0.15) is 0 Å². The molecule has 0 saturated carbocycles. The fraction of sp³-hybridized carbons (Fsp3) is 0.625. The van der Waals surface area contributed by atoms with Crippen LogP contribution in [-0.4, -0.2) is 58.1 Å². The van der Waals surface area contributed by atoms with Crippen molar-refractivity contribution in [3.63, 3.8) is 0 Å². The molecule has 3 heterocycles. The molecule has 1 aromatic carbocycles. The van der Waals surface area contributed by atoms with Crippen molar-refractivity contribution in [2.45, 2.75) is 71.1 Å². The Balaban J connectivity index is 1.39. The predicted octanol–water partition coefficient (Wildman–Crippen LogP) is 4.47. The van der Waals surface area contributed by atoms with E-state index < -0.39 is 0 Å². The van der Waals surface area contributed by atoms with Gasteiger partial charge in [0.25, 0.3) is 0 Å². The van der Waals surface area contributed by atoms with Gasteiger partial charge in [0.2, 0.25) is 5.91 Å². The van der Waals surface area contributed by atoms with E-state index in [1.807, 2.05) is 4.90 Å². The Hall–Kier alpha value is -2.01. The van der Waals surface area contributed by atoms with Crippen molar-refractivity contribution >= 4 is 16.8 Å². The summed E-state index contributed by atoms with van der Waals surface area (Å²) in [5.74, 6) is 1.17. The Morgan fingerprint density at radius 1 is 1.00 bits per heavy atom. The first-order valence-electron chi connectivity index (χ1n) is 11.1. The Labute approximate surface area is 174 Å². The maximum absolute atomic E-state index is 11.6. The summed E-state index contributed by atoms with van der Waals surface area (Å²) in [6, 6.07) is 9.18. The van der Waals surface area contributed by atoms with Crippen molar-refractivity contribution in [3.8, 4) is 5.75 Å². The largest absolute Gasteiger partial charge is 0.490 e. The Kier molecular flexibility index (Phi) is 5.60. The molecule has 5 heteroatoms. The lowest BCUT2D eigenvalue weighted by atomic mass is 9.99. The zero-order chi connectivity index (χ0) is 20.6. The molecule has 158 valence electrons. The van der Waals surface area contributed by atoms with E-state index in [2.05, 4.69) is 60.7 Å². The second-order valence-corrected chi connectivity index (χ2v) is 9.66. The quantitative estimate of drug-likeness (QED) is 0.767. The van der Waals surface area contributed by atoms with E-state index in [1.54, 1.807) is 6.92 Å². The van der Waals surface area contributed by atoms with Crippen molar-refractivity contribution in [2.24, 2.45) is 0 Å². The molecule has 2 saturated heterocycles. The van der Waals surface area contributed by atoms with Gasteiger partial charge in [0, 0.05) is 61.8 Å². The van der Waals surface area contributed by atoms with E-state index in [0.29, 0.717) is 12.1 Å². The number of hydrogen-bond acceptors (Lipinski definition) is 3. The van der Waals surface area contributed by atoms with Crippen molar-refractivity contribution in [2.75, 3.05) is 26.2 Å². The highest BCUT2D eigenvalue weighted by Gasteiger charge is 2.28. The summed E-state index contributed by atoms with van der Waals surface area (Å²) in [6.45, 7) is 12.4. The third-order valence-corrected chi connectivity index (χ3v) is 6.69. The fourth-order valence-corrected chi connectivity index (χ4v) is 4.83. The van der Waals surface area contributed by atoms with Gasteiger partial charge in [-0.1, -0.05) is 0 Å². The van der Waals surface area contributed by atoms with E-state index in [9.17, 15) is 4.79 Å². The fourth-order valence-electron chi connectivity index (χ4n) is 4.83. The zero-order valence-electron chi connectivity index (χ0n) is 18.4. The molecular weight excluding hydrogens is 362 g/mol. The van der Waals surface area contributed by atoms with Crippen LogP contribution in [-0.2, 0) is 4.79 Å². The minimum atomic E-state index is 0.191. The molecule has 2 aromatic rings. The van der Waals surface area contributed by atoms with Crippen LogP contribution in [0.1, 0.15) is 59.4 Å². The number of benzene rings is 1. The summed E-state index contributed by atoms with van der Waals surface area (Å²) in [6.07, 6.45) is 6.73. The third kappa shape index (κ3) is 4.45. The summed E-state index contributed by atoms with van der Waals surface area (Å²) in [7, 11) is 0. The van der Waals surface area contributed by atoms with Crippen LogP contribution < -0.4 is 4.74 Å². The van der Waals surface area contributed by atoms with Crippen LogP contribution in [0.5, 0.6) is 5.75 Å². The summed E-state index contributed by atoms with van der Waals surface area (Å²) >= 11 is 0. The van der Waals surface area contributed by atoms with Crippen LogP contribution in [0, 0.1) is 0 Å². The molecule has 1 amide bonds. The van der Waals surface area contributed by atoms with Crippen LogP contribution in [0.25, 0.3) is 10.9 Å². The SMILES string of the molecule is CC(=O)N1CCC(n2ccc3cc(OC4CCN(C(C)(C)C)CC4)ccc32)CC1. The number of rotatable bonds is 3. The summed E-state index contributed by atoms with van der Waals surface area (Å²) in [5.41, 5.74) is 1.51. The second-order valence-electron chi connectivity index (χ2n) is 9.66. The normalized spacial score (nSPS) is 20.3. The van der Waals surface area contributed by atoms with Gasteiger partial charge in [0.15, 0.2) is 0 Å². The molecule has 0 aliphatic carbocycles. The molecule has 0 spiro atoms. The van der Waals surface area contributed by atoms with Crippen LogP contribution in [0.2, 0.25) is 0 Å². The van der Waals surface area contributed by atoms with Crippen molar-refractivity contribution in [1.82, 2.24) is 14.4 Å². The van der Waals surface area contributed by atoms with Crippen LogP contribution >= 0.6 is 0 Å². The number of carbonyl (C=O) groups is 1. The molecule has 0 bridgehead atoms. The lowest BCUT2D eigenvalue weighted by Gasteiger charge is -2.40. The summed E-state index contributed by atoms with van der Waals surface area (Å²) < 4.78 is 8.73. The molecule has 0 N–H and O–H groups in total. The van der Waals surface area contributed by atoms with E-state index >= 15 is 0 Å². The smallest absolute Gasteiger partial charge is 0.219 e. The number of hydrogen-bond donors (Lipinski definition) is 0. The van der Waals surface area contributed by atoms with Gasteiger partial charge in [0.1, 0.15) is 11.9 Å². The molecule has 0 radical (unpaired) electrons. The van der Waals surface area contributed by atoms with Gasteiger partial charge >= 0.3 is 0 Å². The Morgan fingerprint density at radius 3 is 2.31 bits per heavy atom. The van der Waals surface area contributed by atoms with Gasteiger partial charge in [-0.05, 0) is 70.7 Å². The number of ether oxygens (including phenoxy) is 1. The van der Waals surface area contributed by atoms with E-state index in [4.69, 9.17) is 4.74 Å². The molecule has 5 nitrogen and oxygen atoms in total. The predicted molar refractivity (Wildman–Crippen MR) is 117 cm³/mol. The summed E-state index contributed by atoms with van der Waals surface area (Å²) in [4.78, 5) is 16.1. The molecular formula is C24H35N3O2. The number of amides is 1. The van der Waals surface area contributed by atoms with E-state index in [-0.39, 0.29) is 11.4 Å². The van der Waals surface area contributed by atoms with Crippen molar-refractivity contribution in [1.29, 1.82) is 0 Å². The molecule has 0 atom stereocenters. The second kappa shape index (κ2) is 8.02. The molecule has 29 heavy (non-hydrogen) atoms. The molecule has 2 fully saturated rings. The van der Waals surface area contributed by atoms with Gasteiger partial charge in [-0.25, -0.2) is 0 Å². The van der Waals surface area contributed by atoms with Crippen molar-refractivity contribution in [3.05, 3.63) is 30.5 Å². The van der Waals surface area contributed by atoms with Crippen LogP contribution in [0.15, 0.2) is 30.5 Å². The van der Waals surface area contributed by atoms with Gasteiger partial charge in [-0.15, -0.1) is 0 Å². The topological polar surface area (TPSA) is 37.7 Å². The highest BCUT2D eigenvalue weighted by Crippen LogP contribution is 2.31. The number of nitrogens with zero attached hydrogens (tertiary/aromatic N) is 3. The number of fused-ring (bicyclic) bond motifs is 1. The maximum Gasteiger partial charge on any atom is 0.219 e. The van der Waals surface area contributed by atoms with Gasteiger partial charge in [-0.3, -0.25) is 9.69 Å². The number of piperidine rings is 2. The lowest BCUT2D eigenvalue weighted by molar-refractivity contribution is -0.130. The highest BCUT2D eigenvalue weighted by molar-refractivity contribution is 5.82. The molecule has 1 aromatic heterocycles. The lowest BCUT2D eigenvalue weighted by Crippen LogP contribution is -2.48. The van der Waals surface area contributed by atoms with Crippen LogP contribution in [0.3, 0.4) is 0 Å². The average Bonchev–Trinajstić information content (AvgIpc) is 3.11. The standard InChI is InChI=1S/C24H35N3O2/c1-18(28)25-12-8-20(9-13-25)27-16-7-19-17-22(5-6-23(19)27)29-21-10-14-26(15-11-21)24(2,3)4/h5-7,16-17,20-21H,8-15H2,1-4H3. The highest BCUT2D eigenvalue weighted by atomic mass is 16.5. The number of likely N-dealkylation sites (tertiary alicyclic amines) is 2. The molecule has 0 unspecified atom stereocenters. The first kappa shape index (κ1) is 20.3. The number of aromatic nitrogens is 1. The monoisotopic (exact) mass is 397 g/mol. The van der Waals surface area contributed by atoms with Crippen LogP contribution in [0.4, 0.5) is 0 Å². The maximum atomic E-state index is 11.6. The molecule has 4 rings (SSSR count). The zero-order valence-corrected chi connectivity index (χ0v) is 18.4. The van der Waals surface area contributed by atoms with Crippen molar-refractivity contribution < 1.29 is 9.53 Å². The minimum absolute atomic E-state index is 0.191. The molecule has 2 aliphatic rings. The minimum Gasteiger partial charge on any atom is -0.490 e. The third-order valence-electron chi connectivity index (χ3n) is 6.69. The van der Waals surface area contributed by atoms with Gasteiger partial charge in [0.05, 0.1) is 0 Å². The first-order valence-corrected chi connectivity index (χ1v) is 11.1. The average molecular weight is 398 g/mol. The summed E-state index contributed by atoms with van der Waals surface area (Å²) in [5, 5.41) is 1.24. The Bertz CT molecular complexity index is 851. The Morgan fingerprint density at radius 2 is 1.69 bits per heavy atom. The molecule has 2 aliphatic heterocycles. The van der Waals surface area contributed by atoms with Gasteiger partial charge < -0.3 is 14.2 Å². The van der Waals surface area contributed by atoms with E-state index in [1.165, 1.54) is 10.9 Å². The first-order chi connectivity index (χ1) is 13.8. The number of carbonyl (C=O) groups excluding carboxylic acids is 1.